The third-order valence-corrected chi connectivity index (χ3v) is 4.36. The molecule has 0 spiro atoms. The quantitative estimate of drug-likeness (QED) is 0.745. The number of anilines is 2. The van der Waals surface area contributed by atoms with Gasteiger partial charge in [0, 0.05) is 6.04 Å². The molecule has 3 atom stereocenters. The molecule has 94 valence electrons. The van der Waals surface area contributed by atoms with Crippen LogP contribution < -0.4 is 11.1 Å². The smallest absolute Gasteiger partial charge is 0.224 e. The molecule has 2 heterocycles. The van der Waals surface area contributed by atoms with E-state index in [1.807, 2.05) is 0 Å². The van der Waals surface area contributed by atoms with E-state index in [0.29, 0.717) is 11.7 Å². The Hall–Kier alpha value is -1.85. The largest absolute Gasteiger partial charge is 0.368 e. The van der Waals surface area contributed by atoms with E-state index < -0.39 is 0 Å². The number of aromatic amines is 1. The molecule has 2 saturated carbocycles. The lowest BCUT2D eigenvalue weighted by molar-refractivity contribution is 0.439. The van der Waals surface area contributed by atoms with E-state index in [1.165, 1.54) is 25.7 Å². The summed E-state index contributed by atoms with van der Waals surface area (Å²) in [4.78, 5) is 15.6. The molecule has 0 radical (unpaired) electrons. The maximum atomic E-state index is 5.72. The van der Waals surface area contributed by atoms with Crippen molar-refractivity contribution in [1.82, 2.24) is 19.9 Å². The Bertz CT molecular complexity index is 591. The van der Waals surface area contributed by atoms with Gasteiger partial charge >= 0.3 is 0 Å². The van der Waals surface area contributed by atoms with E-state index in [0.717, 1.165) is 23.2 Å². The Kier molecular flexibility index (Phi) is 2.00. The van der Waals surface area contributed by atoms with Gasteiger partial charge in [0.2, 0.25) is 5.95 Å². The summed E-state index contributed by atoms with van der Waals surface area (Å²) >= 11 is 0. The van der Waals surface area contributed by atoms with Gasteiger partial charge in [-0.3, -0.25) is 0 Å². The number of H-pyrrole nitrogens is 1. The number of imidazole rings is 1. The van der Waals surface area contributed by atoms with E-state index in [4.69, 9.17) is 5.73 Å². The number of hydrogen-bond acceptors (Lipinski definition) is 5. The van der Waals surface area contributed by atoms with Crippen LogP contribution >= 0.6 is 0 Å². The molecule has 6 heteroatoms. The first kappa shape index (κ1) is 10.1. The summed E-state index contributed by atoms with van der Waals surface area (Å²) in [5.41, 5.74) is 7.20. The summed E-state index contributed by atoms with van der Waals surface area (Å²) in [7, 11) is 0. The van der Waals surface area contributed by atoms with Crippen molar-refractivity contribution in [1.29, 1.82) is 0 Å². The minimum absolute atomic E-state index is 0.278. The molecule has 0 aliphatic heterocycles. The molecular weight excluding hydrogens is 228 g/mol. The fourth-order valence-electron chi connectivity index (χ4n) is 3.55. The van der Waals surface area contributed by atoms with Crippen molar-refractivity contribution in [3.05, 3.63) is 6.33 Å². The van der Waals surface area contributed by atoms with E-state index in [2.05, 4.69) is 25.3 Å². The van der Waals surface area contributed by atoms with Crippen molar-refractivity contribution in [2.24, 2.45) is 11.8 Å². The molecule has 4 N–H and O–H groups in total. The summed E-state index contributed by atoms with van der Waals surface area (Å²) in [6, 6.07) is 0.532. The number of aromatic nitrogens is 4. The van der Waals surface area contributed by atoms with Gasteiger partial charge in [-0.1, -0.05) is 6.42 Å². The fourth-order valence-corrected chi connectivity index (χ4v) is 3.55. The molecule has 2 aliphatic carbocycles. The Labute approximate surface area is 104 Å². The number of fused-ring (bicyclic) bond motifs is 3. The Morgan fingerprint density at radius 1 is 1.28 bits per heavy atom. The van der Waals surface area contributed by atoms with Gasteiger partial charge in [0.05, 0.1) is 6.33 Å². The van der Waals surface area contributed by atoms with Gasteiger partial charge in [0.1, 0.15) is 5.52 Å². The maximum Gasteiger partial charge on any atom is 0.224 e. The zero-order chi connectivity index (χ0) is 12.1. The van der Waals surface area contributed by atoms with E-state index in [1.54, 1.807) is 6.33 Å². The molecule has 4 rings (SSSR count). The molecule has 0 saturated heterocycles. The van der Waals surface area contributed by atoms with Crippen molar-refractivity contribution in [2.45, 2.75) is 31.7 Å². The number of hydrogen-bond donors (Lipinski definition) is 3. The van der Waals surface area contributed by atoms with Gasteiger partial charge in [0.15, 0.2) is 11.5 Å². The molecule has 2 bridgehead atoms. The minimum Gasteiger partial charge on any atom is -0.368 e. The van der Waals surface area contributed by atoms with E-state index in [-0.39, 0.29) is 5.95 Å². The third kappa shape index (κ3) is 1.45. The second-order valence-electron chi connectivity index (χ2n) is 5.46. The van der Waals surface area contributed by atoms with Crippen molar-refractivity contribution < 1.29 is 0 Å². The normalized spacial score (nSPS) is 30.1. The molecule has 0 amide bonds. The van der Waals surface area contributed by atoms with Crippen LogP contribution in [0.15, 0.2) is 6.33 Å². The third-order valence-electron chi connectivity index (χ3n) is 4.36. The molecule has 2 aromatic heterocycles. The van der Waals surface area contributed by atoms with Crippen LogP contribution in [-0.2, 0) is 0 Å². The summed E-state index contributed by atoms with van der Waals surface area (Å²) < 4.78 is 0. The Balaban J connectivity index is 1.68. The monoisotopic (exact) mass is 244 g/mol. The highest BCUT2D eigenvalue weighted by molar-refractivity contribution is 5.83. The van der Waals surface area contributed by atoms with Crippen LogP contribution in [0.2, 0.25) is 0 Å². The highest BCUT2D eigenvalue weighted by atomic mass is 15.1. The second kappa shape index (κ2) is 3.57. The van der Waals surface area contributed by atoms with Crippen LogP contribution in [0.25, 0.3) is 11.2 Å². The fraction of sp³-hybridized carbons (Fsp3) is 0.583. The summed E-state index contributed by atoms with van der Waals surface area (Å²) in [5.74, 6) is 2.78. The number of rotatable bonds is 2. The minimum atomic E-state index is 0.278. The molecule has 6 nitrogen and oxygen atoms in total. The van der Waals surface area contributed by atoms with Crippen molar-refractivity contribution in [2.75, 3.05) is 11.1 Å². The molecule has 2 aliphatic rings. The first-order valence-corrected chi connectivity index (χ1v) is 6.53. The highest BCUT2D eigenvalue weighted by Crippen LogP contribution is 2.45. The number of nitrogens with zero attached hydrogens (tertiary/aromatic N) is 3. The van der Waals surface area contributed by atoms with Gasteiger partial charge in [-0.2, -0.15) is 9.97 Å². The van der Waals surface area contributed by atoms with Crippen molar-refractivity contribution in [3.63, 3.8) is 0 Å². The van der Waals surface area contributed by atoms with Gasteiger partial charge in [0.25, 0.3) is 0 Å². The topological polar surface area (TPSA) is 92.5 Å². The van der Waals surface area contributed by atoms with Crippen LogP contribution in [0.4, 0.5) is 11.8 Å². The lowest BCUT2D eigenvalue weighted by Gasteiger charge is -2.23. The SMILES string of the molecule is Nc1nc(NC2CC3CCC2C3)c2[nH]cnc2n1. The average Bonchev–Trinajstić information content (AvgIpc) is 3.02. The zero-order valence-electron chi connectivity index (χ0n) is 10.1. The first-order valence-electron chi connectivity index (χ1n) is 6.53. The second-order valence-corrected chi connectivity index (χ2v) is 5.46. The van der Waals surface area contributed by atoms with Crippen LogP contribution in [-0.4, -0.2) is 26.0 Å². The average molecular weight is 244 g/mol. The molecule has 18 heavy (non-hydrogen) atoms. The van der Waals surface area contributed by atoms with Gasteiger partial charge in [-0.05, 0) is 31.1 Å². The van der Waals surface area contributed by atoms with E-state index >= 15 is 0 Å². The number of nitrogens with one attached hydrogen (secondary N) is 2. The predicted octanol–water partition coefficient (Wildman–Crippen LogP) is 1.54. The van der Waals surface area contributed by atoms with Gasteiger partial charge in [-0.15, -0.1) is 0 Å². The van der Waals surface area contributed by atoms with Crippen molar-refractivity contribution in [3.8, 4) is 0 Å². The Morgan fingerprint density at radius 2 is 2.22 bits per heavy atom. The lowest BCUT2D eigenvalue weighted by Crippen LogP contribution is -2.26. The molecule has 2 aromatic rings. The maximum absolute atomic E-state index is 5.72. The molecule has 0 aromatic carbocycles. The number of nitrogen functional groups attached to an aromatic ring is 1. The summed E-state index contributed by atoms with van der Waals surface area (Å²) in [6.07, 6.45) is 6.99. The van der Waals surface area contributed by atoms with E-state index in [9.17, 15) is 0 Å². The Morgan fingerprint density at radius 3 is 3.00 bits per heavy atom. The van der Waals surface area contributed by atoms with Crippen LogP contribution in [0.5, 0.6) is 0 Å². The molecule has 2 fully saturated rings. The summed E-state index contributed by atoms with van der Waals surface area (Å²) in [6.45, 7) is 0. The van der Waals surface area contributed by atoms with Crippen LogP contribution in [0.1, 0.15) is 25.7 Å². The van der Waals surface area contributed by atoms with Gasteiger partial charge < -0.3 is 16.0 Å². The first-order chi connectivity index (χ1) is 8.79. The molecular formula is C12H16N6. The molecule has 3 unspecified atom stereocenters. The van der Waals surface area contributed by atoms with Crippen molar-refractivity contribution >= 4 is 22.9 Å². The van der Waals surface area contributed by atoms with Crippen LogP contribution in [0, 0.1) is 11.8 Å². The zero-order valence-corrected chi connectivity index (χ0v) is 10.1. The lowest BCUT2D eigenvalue weighted by atomic mass is 9.95. The standard InChI is InChI=1S/C12H16N6/c13-12-17-10-9(14-5-15-10)11(18-12)16-8-4-6-1-2-7(8)3-6/h5-8H,1-4H2,(H4,13,14,15,16,17,18). The highest BCUT2D eigenvalue weighted by Gasteiger charge is 2.39. The summed E-state index contributed by atoms with van der Waals surface area (Å²) in [5, 5.41) is 3.54. The van der Waals surface area contributed by atoms with Crippen LogP contribution in [0.3, 0.4) is 0 Å². The van der Waals surface area contributed by atoms with Gasteiger partial charge in [-0.25, -0.2) is 4.98 Å². The number of nitrogens with two attached hydrogens (primary N) is 1. The predicted molar refractivity (Wildman–Crippen MR) is 69.0 cm³/mol.